The molecule has 0 saturated carbocycles. The fraction of sp³-hybridized carbons (Fsp3) is 0.273. The van der Waals surface area contributed by atoms with E-state index in [0.29, 0.717) is 26.4 Å². The Balaban J connectivity index is 1.62. The second kappa shape index (κ2) is 12.9. The topological polar surface area (TPSA) is 58.9 Å². The largest absolute Gasteiger partial charge is 0.394 e. The van der Waals surface area contributed by atoms with E-state index in [-0.39, 0.29) is 13.2 Å². The van der Waals surface area contributed by atoms with Crippen LogP contribution in [-0.2, 0) is 27.7 Å². The lowest BCUT2D eigenvalue weighted by atomic mass is 9.67. The lowest BCUT2D eigenvalue weighted by molar-refractivity contribution is 0.0944. The molecule has 39 heavy (non-hydrogen) atoms. The highest BCUT2D eigenvalue weighted by Crippen LogP contribution is 2.57. The summed E-state index contributed by atoms with van der Waals surface area (Å²) in [6, 6.07) is 31.0. The Morgan fingerprint density at radius 2 is 0.949 bits per heavy atom. The van der Waals surface area contributed by atoms with E-state index in [1.165, 1.54) is 44.5 Å². The molecular weight excluding hydrogens is 620 g/mol. The molecule has 2 N–H and O–H groups in total. The van der Waals surface area contributed by atoms with Crippen LogP contribution in [0.1, 0.15) is 33.4 Å². The van der Waals surface area contributed by atoms with Crippen molar-refractivity contribution in [1.29, 1.82) is 0 Å². The van der Waals surface area contributed by atoms with Gasteiger partial charge >= 0.3 is 0 Å². The summed E-state index contributed by atoms with van der Waals surface area (Å²) in [5.41, 5.74) is 9.31. The van der Waals surface area contributed by atoms with E-state index in [1.54, 1.807) is 0 Å². The maximum Gasteiger partial charge on any atom is 0.0714 e. The molecule has 0 heterocycles. The summed E-state index contributed by atoms with van der Waals surface area (Å²) in [6.45, 7) is 1.98. The van der Waals surface area contributed by atoms with E-state index >= 15 is 0 Å². The van der Waals surface area contributed by atoms with Gasteiger partial charge in [-0.15, -0.1) is 0 Å². The third-order valence-electron chi connectivity index (χ3n) is 7.38. The molecular formula is C33H32Br2O4. The molecule has 0 saturated heterocycles. The van der Waals surface area contributed by atoms with Crippen molar-refractivity contribution in [2.24, 2.45) is 0 Å². The molecule has 0 unspecified atom stereocenters. The molecule has 0 atom stereocenters. The van der Waals surface area contributed by atoms with Gasteiger partial charge in [-0.1, -0.05) is 92.5 Å². The van der Waals surface area contributed by atoms with Crippen LogP contribution in [0.3, 0.4) is 0 Å². The summed E-state index contributed by atoms with van der Waals surface area (Å²) in [5.74, 6) is 0. The van der Waals surface area contributed by atoms with Crippen LogP contribution in [0.25, 0.3) is 11.1 Å². The highest BCUT2D eigenvalue weighted by atomic mass is 79.9. The number of benzene rings is 4. The fourth-order valence-corrected chi connectivity index (χ4v) is 6.34. The van der Waals surface area contributed by atoms with Crippen molar-refractivity contribution in [3.8, 4) is 11.1 Å². The minimum absolute atomic E-state index is 0.0415. The molecule has 0 bridgehead atoms. The Kier molecular flexibility index (Phi) is 9.33. The molecule has 202 valence electrons. The summed E-state index contributed by atoms with van der Waals surface area (Å²) in [5, 5.41) is 18.0. The molecule has 4 nitrogen and oxygen atoms in total. The predicted octanol–water partition coefficient (Wildman–Crippen LogP) is 6.68. The third kappa shape index (κ3) is 5.78. The van der Waals surface area contributed by atoms with E-state index in [2.05, 4.69) is 117 Å². The first-order chi connectivity index (χ1) is 19.1. The molecule has 1 aliphatic rings. The summed E-state index contributed by atoms with van der Waals surface area (Å²) < 4.78 is 13.1. The molecule has 0 aliphatic heterocycles. The number of halogens is 2. The molecule has 1 aliphatic carbocycles. The minimum Gasteiger partial charge on any atom is -0.394 e. The van der Waals surface area contributed by atoms with Gasteiger partial charge in [-0.25, -0.2) is 0 Å². The first-order valence-electron chi connectivity index (χ1n) is 13.2. The first-order valence-corrected chi connectivity index (χ1v) is 14.8. The minimum atomic E-state index is -0.490. The van der Waals surface area contributed by atoms with Crippen molar-refractivity contribution in [3.63, 3.8) is 0 Å². The Labute approximate surface area is 246 Å². The highest BCUT2D eigenvalue weighted by Gasteiger charge is 2.46. The lowest BCUT2D eigenvalue weighted by Gasteiger charge is -2.34. The zero-order valence-electron chi connectivity index (χ0n) is 21.7. The van der Waals surface area contributed by atoms with Gasteiger partial charge in [-0.3, -0.25) is 0 Å². The number of hydrogen-bond acceptors (Lipinski definition) is 4. The molecule has 0 amide bonds. The molecule has 0 fully saturated rings. The van der Waals surface area contributed by atoms with Crippen LogP contribution in [-0.4, -0.2) is 49.9 Å². The molecule has 5 rings (SSSR count). The van der Waals surface area contributed by atoms with E-state index in [4.69, 9.17) is 19.7 Å². The van der Waals surface area contributed by atoms with Crippen LogP contribution in [0.15, 0.2) is 93.9 Å². The monoisotopic (exact) mass is 650 g/mol. The number of rotatable bonds is 12. The van der Waals surface area contributed by atoms with E-state index in [1.807, 2.05) is 0 Å². The van der Waals surface area contributed by atoms with Gasteiger partial charge < -0.3 is 19.7 Å². The van der Waals surface area contributed by atoms with Crippen molar-refractivity contribution in [3.05, 3.63) is 127 Å². The Hall–Kier alpha value is -2.32. The maximum absolute atomic E-state index is 8.99. The standard InChI is InChI=1S/C33H32Br2O4/c34-27-9-11-29-30-12-10-28(35)22-32(30)33(31(29)21-27,25-5-1-23(2-6-25)13-17-38-19-15-36)26-7-3-24(4-8-26)14-18-39-20-16-37/h1-12,21-22,36-37H,13-20H2. The summed E-state index contributed by atoms with van der Waals surface area (Å²) in [6.07, 6.45) is 1.59. The van der Waals surface area contributed by atoms with E-state index < -0.39 is 5.41 Å². The van der Waals surface area contributed by atoms with Crippen LogP contribution in [0, 0.1) is 0 Å². The van der Waals surface area contributed by atoms with E-state index in [0.717, 1.165) is 21.8 Å². The van der Waals surface area contributed by atoms with Crippen LogP contribution >= 0.6 is 31.9 Å². The summed E-state index contributed by atoms with van der Waals surface area (Å²) in [4.78, 5) is 0. The average Bonchev–Trinajstić information content (AvgIpc) is 3.23. The summed E-state index contributed by atoms with van der Waals surface area (Å²) >= 11 is 7.51. The number of fused-ring (bicyclic) bond motifs is 3. The molecule has 0 radical (unpaired) electrons. The maximum atomic E-state index is 8.99. The zero-order valence-corrected chi connectivity index (χ0v) is 24.9. The second-order valence-electron chi connectivity index (χ2n) is 9.70. The number of aliphatic hydroxyl groups excluding tert-OH is 2. The van der Waals surface area contributed by atoms with Gasteiger partial charge in [-0.05, 0) is 81.6 Å². The third-order valence-corrected chi connectivity index (χ3v) is 8.36. The second-order valence-corrected chi connectivity index (χ2v) is 11.5. The molecule has 0 spiro atoms. The number of ether oxygens (including phenoxy) is 2. The zero-order chi connectivity index (χ0) is 27.2. The average molecular weight is 652 g/mol. The highest BCUT2D eigenvalue weighted by molar-refractivity contribution is 9.10. The molecule has 4 aromatic rings. The van der Waals surface area contributed by atoms with Gasteiger partial charge in [0, 0.05) is 8.95 Å². The van der Waals surface area contributed by atoms with Crippen molar-refractivity contribution in [2.75, 3.05) is 39.6 Å². The van der Waals surface area contributed by atoms with Gasteiger partial charge in [0.15, 0.2) is 0 Å². The Morgan fingerprint density at radius 1 is 0.538 bits per heavy atom. The van der Waals surface area contributed by atoms with E-state index in [9.17, 15) is 0 Å². The molecule has 0 aromatic heterocycles. The smallest absolute Gasteiger partial charge is 0.0714 e. The SMILES string of the molecule is OCCOCCc1ccc(C2(c3ccc(CCOCCO)cc3)c3cc(Br)ccc3-c3ccc(Br)cc32)cc1. The lowest BCUT2D eigenvalue weighted by Crippen LogP contribution is -2.28. The fourth-order valence-electron chi connectivity index (χ4n) is 5.61. The Bertz CT molecular complexity index is 1290. The van der Waals surface area contributed by atoms with Gasteiger partial charge in [0.2, 0.25) is 0 Å². The van der Waals surface area contributed by atoms with Crippen LogP contribution < -0.4 is 0 Å². The van der Waals surface area contributed by atoms with Crippen molar-refractivity contribution < 1.29 is 19.7 Å². The van der Waals surface area contributed by atoms with Crippen molar-refractivity contribution in [2.45, 2.75) is 18.3 Å². The Morgan fingerprint density at radius 3 is 1.33 bits per heavy atom. The van der Waals surface area contributed by atoms with Crippen LogP contribution in [0.5, 0.6) is 0 Å². The van der Waals surface area contributed by atoms with Gasteiger partial charge in [0.05, 0.1) is 45.1 Å². The van der Waals surface area contributed by atoms with Gasteiger partial charge in [0.1, 0.15) is 0 Å². The quantitative estimate of drug-likeness (QED) is 0.148. The van der Waals surface area contributed by atoms with Crippen molar-refractivity contribution in [1.82, 2.24) is 0 Å². The van der Waals surface area contributed by atoms with Crippen LogP contribution in [0.4, 0.5) is 0 Å². The summed E-state index contributed by atoms with van der Waals surface area (Å²) in [7, 11) is 0. The normalized spacial score (nSPS) is 13.3. The number of aliphatic hydroxyl groups is 2. The molecule has 4 aromatic carbocycles. The predicted molar refractivity (Wildman–Crippen MR) is 162 cm³/mol. The molecule has 6 heteroatoms. The van der Waals surface area contributed by atoms with Gasteiger partial charge in [0.25, 0.3) is 0 Å². The number of hydrogen-bond donors (Lipinski definition) is 2. The first kappa shape index (κ1) is 28.2. The van der Waals surface area contributed by atoms with Gasteiger partial charge in [-0.2, -0.15) is 0 Å². The van der Waals surface area contributed by atoms with Crippen LogP contribution in [0.2, 0.25) is 0 Å². The van der Waals surface area contributed by atoms with Crippen molar-refractivity contribution >= 4 is 31.9 Å².